The molecule has 0 N–H and O–H groups in total. The maximum atomic E-state index is 8.21. The van der Waals surface area contributed by atoms with Crippen LogP contribution in [-0.4, -0.2) is 55.1 Å². The fourth-order valence-corrected chi connectivity index (χ4v) is 3.01. The van der Waals surface area contributed by atoms with Crippen molar-refractivity contribution < 1.29 is 0 Å². The Balaban J connectivity index is 1.65. The minimum absolute atomic E-state index is 0.640. The van der Waals surface area contributed by atoms with Crippen molar-refractivity contribution in [2.24, 2.45) is 5.11 Å². The molecule has 0 amide bonds. The smallest absolute Gasteiger partial charge is 0.0270 e. The molecule has 0 bridgehead atoms. The molecule has 1 unspecified atom stereocenters. The molecule has 0 saturated carbocycles. The first-order chi connectivity index (χ1) is 8.40. The number of nitrogens with zero attached hydrogens (tertiary/aromatic N) is 5. The molecule has 0 aromatic heterocycles. The van der Waals surface area contributed by atoms with Crippen molar-refractivity contribution in [2.75, 3.05) is 39.3 Å². The van der Waals surface area contributed by atoms with Crippen LogP contribution >= 0.6 is 0 Å². The maximum absolute atomic E-state index is 8.21. The zero-order chi connectivity index (χ0) is 11.9. The van der Waals surface area contributed by atoms with E-state index in [9.17, 15) is 0 Å². The van der Waals surface area contributed by atoms with E-state index in [2.05, 4.69) is 19.8 Å². The topological polar surface area (TPSA) is 55.2 Å². The third kappa shape index (κ3) is 3.87. The molecule has 1 atom stereocenters. The van der Waals surface area contributed by atoms with Crippen LogP contribution in [0.3, 0.4) is 0 Å². The van der Waals surface area contributed by atoms with Crippen LogP contribution in [0.1, 0.15) is 32.1 Å². The summed E-state index contributed by atoms with van der Waals surface area (Å²) in [4.78, 5) is 7.98. The normalized spacial score (nSPS) is 26.9. The second-order valence-electron chi connectivity index (χ2n) is 5.15. The van der Waals surface area contributed by atoms with Gasteiger partial charge in [-0.15, -0.1) is 0 Å². The Labute approximate surface area is 103 Å². The summed E-state index contributed by atoms with van der Waals surface area (Å²) in [6, 6.07) is 0.787. The Morgan fingerprint density at radius 1 is 1.18 bits per heavy atom. The number of rotatable bonds is 5. The fourth-order valence-electron chi connectivity index (χ4n) is 3.01. The van der Waals surface area contributed by atoms with E-state index < -0.39 is 0 Å². The number of piperidine rings is 1. The summed E-state index contributed by atoms with van der Waals surface area (Å²) in [5, 5.41) is 3.59. The van der Waals surface area contributed by atoms with Gasteiger partial charge in [0.15, 0.2) is 0 Å². The van der Waals surface area contributed by atoms with E-state index >= 15 is 0 Å². The predicted octanol–water partition coefficient (Wildman–Crippen LogP) is 2.25. The highest BCUT2D eigenvalue weighted by atomic mass is 15.3. The van der Waals surface area contributed by atoms with Crippen molar-refractivity contribution in [3.63, 3.8) is 0 Å². The van der Waals surface area contributed by atoms with Crippen LogP contribution in [0.4, 0.5) is 0 Å². The van der Waals surface area contributed by atoms with Gasteiger partial charge in [0.2, 0.25) is 0 Å². The van der Waals surface area contributed by atoms with Gasteiger partial charge in [0.1, 0.15) is 0 Å². The summed E-state index contributed by atoms with van der Waals surface area (Å²) >= 11 is 0. The van der Waals surface area contributed by atoms with Gasteiger partial charge in [0.05, 0.1) is 0 Å². The summed E-state index contributed by atoms with van der Waals surface area (Å²) in [5.41, 5.74) is 8.21. The molecule has 17 heavy (non-hydrogen) atoms. The van der Waals surface area contributed by atoms with Crippen molar-refractivity contribution in [3.8, 4) is 0 Å². The molecule has 0 aromatic rings. The predicted molar refractivity (Wildman–Crippen MR) is 68.9 cm³/mol. The Morgan fingerprint density at radius 3 is 2.76 bits per heavy atom. The average Bonchev–Trinajstić information content (AvgIpc) is 2.85. The van der Waals surface area contributed by atoms with Gasteiger partial charge in [-0.05, 0) is 57.4 Å². The highest BCUT2D eigenvalue weighted by Crippen LogP contribution is 2.20. The minimum Gasteiger partial charge on any atom is -0.302 e. The number of azide groups is 1. The molecule has 2 saturated heterocycles. The van der Waals surface area contributed by atoms with Gasteiger partial charge in [0.25, 0.3) is 0 Å². The molecule has 2 fully saturated rings. The molecule has 5 heteroatoms. The molecule has 0 aliphatic carbocycles. The summed E-state index contributed by atoms with van der Waals surface area (Å²) in [5.74, 6) is 0. The third-order valence-electron chi connectivity index (χ3n) is 3.95. The first kappa shape index (κ1) is 12.7. The molecule has 5 nitrogen and oxygen atoms in total. The van der Waals surface area contributed by atoms with Crippen LogP contribution in [-0.2, 0) is 0 Å². The molecule has 96 valence electrons. The van der Waals surface area contributed by atoms with Crippen LogP contribution in [0.5, 0.6) is 0 Å². The minimum atomic E-state index is 0.640. The van der Waals surface area contributed by atoms with E-state index in [1.807, 2.05) is 0 Å². The third-order valence-corrected chi connectivity index (χ3v) is 3.95. The first-order valence-electron chi connectivity index (χ1n) is 6.87. The van der Waals surface area contributed by atoms with E-state index in [0.717, 1.165) is 19.0 Å². The molecule has 0 radical (unpaired) electrons. The van der Waals surface area contributed by atoms with Crippen molar-refractivity contribution in [1.82, 2.24) is 9.80 Å². The van der Waals surface area contributed by atoms with Gasteiger partial charge in [0, 0.05) is 24.0 Å². The highest BCUT2D eigenvalue weighted by molar-refractivity contribution is 4.84. The molecule has 0 spiro atoms. The number of hydrogen-bond donors (Lipinski definition) is 0. The van der Waals surface area contributed by atoms with Gasteiger partial charge in [-0.1, -0.05) is 11.5 Å². The van der Waals surface area contributed by atoms with Crippen molar-refractivity contribution in [2.45, 2.75) is 38.1 Å². The van der Waals surface area contributed by atoms with Gasteiger partial charge < -0.3 is 4.90 Å². The quantitative estimate of drug-likeness (QED) is 0.319. The lowest BCUT2D eigenvalue weighted by Gasteiger charge is -2.32. The van der Waals surface area contributed by atoms with Gasteiger partial charge >= 0.3 is 0 Å². The molecule has 2 rings (SSSR count). The Hall–Kier alpha value is -0.770. The second-order valence-corrected chi connectivity index (χ2v) is 5.15. The largest absolute Gasteiger partial charge is 0.302 e. The van der Waals surface area contributed by atoms with Crippen LogP contribution in [0.15, 0.2) is 5.11 Å². The van der Waals surface area contributed by atoms with E-state index in [1.54, 1.807) is 0 Å². The van der Waals surface area contributed by atoms with Crippen LogP contribution < -0.4 is 0 Å². The zero-order valence-electron chi connectivity index (χ0n) is 10.6. The SMILES string of the molecule is [N-]=[N+]=NCCCN1CCC(N2CCCCC2)C1. The van der Waals surface area contributed by atoms with Gasteiger partial charge in [-0.25, -0.2) is 0 Å². The Kier molecular flexibility index (Phi) is 5.10. The van der Waals surface area contributed by atoms with Crippen molar-refractivity contribution >= 4 is 0 Å². The fraction of sp³-hybridized carbons (Fsp3) is 1.00. The molecular weight excluding hydrogens is 214 g/mol. The first-order valence-corrected chi connectivity index (χ1v) is 6.87. The van der Waals surface area contributed by atoms with Crippen LogP contribution in [0, 0.1) is 0 Å². The monoisotopic (exact) mass is 237 g/mol. The van der Waals surface area contributed by atoms with Crippen molar-refractivity contribution in [3.05, 3.63) is 10.4 Å². The summed E-state index contributed by atoms with van der Waals surface area (Å²) in [6.07, 6.45) is 6.50. The van der Waals surface area contributed by atoms with Gasteiger partial charge in [-0.3, -0.25) is 4.90 Å². The Morgan fingerprint density at radius 2 is 2.00 bits per heavy atom. The molecule has 2 aliphatic heterocycles. The lowest BCUT2D eigenvalue weighted by molar-refractivity contribution is 0.162. The maximum Gasteiger partial charge on any atom is 0.0270 e. The van der Waals surface area contributed by atoms with Crippen LogP contribution in [0.2, 0.25) is 0 Å². The average molecular weight is 237 g/mol. The number of likely N-dealkylation sites (tertiary alicyclic amines) is 2. The summed E-state index contributed by atoms with van der Waals surface area (Å²) in [6.45, 7) is 6.77. The lowest BCUT2D eigenvalue weighted by atomic mass is 10.1. The molecule has 2 heterocycles. The van der Waals surface area contributed by atoms with E-state index in [-0.39, 0.29) is 0 Å². The summed E-state index contributed by atoms with van der Waals surface area (Å²) in [7, 11) is 0. The molecule has 0 aromatic carbocycles. The van der Waals surface area contributed by atoms with E-state index in [0.29, 0.717) is 6.54 Å². The standard InChI is InChI=1S/C12H23N5/c13-15-14-6-4-7-16-10-5-12(11-16)17-8-2-1-3-9-17/h12H,1-11H2. The van der Waals surface area contributed by atoms with Crippen molar-refractivity contribution in [1.29, 1.82) is 0 Å². The molecular formula is C12H23N5. The Bertz CT molecular complexity index is 268. The summed E-state index contributed by atoms with van der Waals surface area (Å²) < 4.78 is 0. The van der Waals surface area contributed by atoms with Gasteiger partial charge in [-0.2, -0.15) is 0 Å². The number of hydrogen-bond acceptors (Lipinski definition) is 3. The second kappa shape index (κ2) is 6.84. The van der Waals surface area contributed by atoms with Crippen LogP contribution in [0.25, 0.3) is 10.4 Å². The molecule has 2 aliphatic rings. The lowest BCUT2D eigenvalue weighted by Crippen LogP contribution is -2.40. The highest BCUT2D eigenvalue weighted by Gasteiger charge is 2.27. The van der Waals surface area contributed by atoms with E-state index in [1.165, 1.54) is 51.9 Å². The van der Waals surface area contributed by atoms with E-state index in [4.69, 9.17) is 5.53 Å². The zero-order valence-corrected chi connectivity index (χ0v) is 10.6.